The molecule has 0 aromatic carbocycles. The molecule has 8 heteroatoms. The molecule has 0 aromatic rings. The van der Waals surface area contributed by atoms with E-state index in [9.17, 15) is 13.5 Å². The van der Waals surface area contributed by atoms with Crippen LogP contribution >= 0.6 is 0 Å². The Hall–Kier alpha value is -0.250. The van der Waals surface area contributed by atoms with Gasteiger partial charge in [-0.3, -0.25) is 9.87 Å². The van der Waals surface area contributed by atoms with Gasteiger partial charge in [-0.25, -0.2) is 0 Å². The number of hydrogen-bond donors (Lipinski definition) is 5. The zero-order chi connectivity index (χ0) is 12.1. The molecular formula is C7H17NO6S. The third-order valence-corrected chi connectivity index (χ3v) is 2.63. The first-order valence-electron chi connectivity index (χ1n) is 4.48. The quantitative estimate of drug-likeness (QED) is 0.256. The van der Waals surface area contributed by atoms with Gasteiger partial charge in [-0.2, -0.15) is 8.42 Å². The standard InChI is InChI=1S/C7H17NO6S/c1-2-5(3-9)8-7(11)6(10)4-15(12,13)14/h5-11H,2-4H2,1H3,(H,12,13,14). The van der Waals surface area contributed by atoms with Crippen molar-refractivity contribution in [1.82, 2.24) is 5.32 Å². The third kappa shape index (κ3) is 6.77. The van der Waals surface area contributed by atoms with Crippen molar-refractivity contribution < 1.29 is 28.3 Å². The van der Waals surface area contributed by atoms with Crippen LogP contribution in [0.5, 0.6) is 0 Å². The van der Waals surface area contributed by atoms with Crippen LogP contribution in [0, 0.1) is 0 Å². The summed E-state index contributed by atoms with van der Waals surface area (Å²) in [6.07, 6.45) is -2.64. The molecule has 0 aliphatic heterocycles. The second kappa shape index (κ2) is 6.36. The molecule has 3 unspecified atom stereocenters. The lowest BCUT2D eigenvalue weighted by atomic mass is 10.2. The number of hydrogen-bond acceptors (Lipinski definition) is 6. The van der Waals surface area contributed by atoms with Crippen molar-refractivity contribution in [2.24, 2.45) is 0 Å². The molecule has 0 rings (SSSR count). The van der Waals surface area contributed by atoms with Crippen LogP contribution in [-0.4, -0.2) is 59.0 Å². The molecule has 15 heavy (non-hydrogen) atoms. The van der Waals surface area contributed by atoms with Gasteiger partial charge in [0.15, 0.2) is 0 Å². The van der Waals surface area contributed by atoms with Gasteiger partial charge < -0.3 is 15.3 Å². The molecule has 92 valence electrons. The molecule has 0 fully saturated rings. The van der Waals surface area contributed by atoms with E-state index in [0.29, 0.717) is 6.42 Å². The van der Waals surface area contributed by atoms with Crippen LogP contribution < -0.4 is 5.32 Å². The van der Waals surface area contributed by atoms with Crippen molar-refractivity contribution in [3.63, 3.8) is 0 Å². The van der Waals surface area contributed by atoms with Crippen LogP contribution in [0.3, 0.4) is 0 Å². The molecule has 5 N–H and O–H groups in total. The Kier molecular flexibility index (Phi) is 6.25. The molecule has 0 saturated carbocycles. The minimum Gasteiger partial charge on any atom is -0.395 e. The van der Waals surface area contributed by atoms with Gasteiger partial charge in [-0.15, -0.1) is 0 Å². The first-order chi connectivity index (χ1) is 6.80. The van der Waals surface area contributed by atoms with E-state index < -0.39 is 34.2 Å². The number of rotatable bonds is 7. The van der Waals surface area contributed by atoms with E-state index >= 15 is 0 Å². The number of nitrogens with one attached hydrogen (secondary N) is 1. The normalized spacial score (nSPS) is 18.5. The Morgan fingerprint density at radius 1 is 1.33 bits per heavy atom. The van der Waals surface area contributed by atoms with Gasteiger partial charge in [0.25, 0.3) is 10.1 Å². The van der Waals surface area contributed by atoms with Crippen molar-refractivity contribution in [3.8, 4) is 0 Å². The van der Waals surface area contributed by atoms with Gasteiger partial charge in [0, 0.05) is 6.04 Å². The summed E-state index contributed by atoms with van der Waals surface area (Å²) in [5.74, 6) is -0.955. The SMILES string of the molecule is CCC(CO)NC(O)C(O)CS(=O)(=O)O. The zero-order valence-corrected chi connectivity index (χ0v) is 9.18. The second-order valence-electron chi connectivity index (χ2n) is 3.22. The molecule has 0 radical (unpaired) electrons. The first kappa shape index (κ1) is 14.8. The lowest BCUT2D eigenvalue weighted by molar-refractivity contribution is -0.00250. The van der Waals surface area contributed by atoms with E-state index in [1.807, 2.05) is 0 Å². The van der Waals surface area contributed by atoms with E-state index in [0.717, 1.165) is 0 Å². The van der Waals surface area contributed by atoms with Crippen LogP contribution in [0.1, 0.15) is 13.3 Å². The summed E-state index contributed by atoms with van der Waals surface area (Å²) in [4.78, 5) is 0. The molecule has 3 atom stereocenters. The molecule has 0 heterocycles. The summed E-state index contributed by atoms with van der Waals surface area (Å²) < 4.78 is 29.2. The second-order valence-corrected chi connectivity index (χ2v) is 4.71. The van der Waals surface area contributed by atoms with Crippen molar-refractivity contribution in [2.75, 3.05) is 12.4 Å². The fourth-order valence-corrected chi connectivity index (χ4v) is 1.57. The Balaban J connectivity index is 4.14. The van der Waals surface area contributed by atoms with Gasteiger partial charge in [0.05, 0.1) is 6.61 Å². The Bertz CT molecular complexity index is 263. The fraction of sp³-hybridized carbons (Fsp3) is 1.00. The van der Waals surface area contributed by atoms with Crippen LogP contribution in [0.2, 0.25) is 0 Å². The van der Waals surface area contributed by atoms with E-state index in [2.05, 4.69) is 5.32 Å². The minimum atomic E-state index is -4.33. The lowest BCUT2D eigenvalue weighted by Gasteiger charge is -2.22. The molecular weight excluding hydrogens is 226 g/mol. The Labute approximate surface area is 88.5 Å². The highest BCUT2D eigenvalue weighted by atomic mass is 32.2. The minimum absolute atomic E-state index is 0.244. The van der Waals surface area contributed by atoms with E-state index in [4.69, 9.17) is 14.8 Å². The summed E-state index contributed by atoms with van der Waals surface area (Å²) in [6, 6.07) is -0.434. The van der Waals surface area contributed by atoms with Crippen molar-refractivity contribution in [3.05, 3.63) is 0 Å². The highest BCUT2D eigenvalue weighted by Crippen LogP contribution is 1.98. The maximum atomic E-state index is 10.4. The zero-order valence-electron chi connectivity index (χ0n) is 8.37. The fourth-order valence-electron chi connectivity index (χ4n) is 0.959. The highest BCUT2D eigenvalue weighted by Gasteiger charge is 2.23. The van der Waals surface area contributed by atoms with Crippen LogP contribution in [0.15, 0.2) is 0 Å². The topological polar surface area (TPSA) is 127 Å². The van der Waals surface area contributed by atoms with Crippen molar-refractivity contribution in [1.29, 1.82) is 0 Å². The molecule has 7 nitrogen and oxygen atoms in total. The Morgan fingerprint density at radius 3 is 2.20 bits per heavy atom. The van der Waals surface area contributed by atoms with Crippen LogP contribution in [0.4, 0.5) is 0 Å². The predicted molar refractivity (Wildman–Crippen MR) is 52.7 cm³/mol. The molecule has 0 aliphatic rings. The average molecular weight is 243 g/mol. The van der Waals surface area contributed by atoms with Crippen LogP contribution in [0.25, 0.3) is 0 Å². The molecule has 0 aliphatic carbocycles. The van der Waals surface area contributed by atoms with Gasteiger partial charge >= 0.3 is 0 Å². The summed E-state index contributed by atoms with van der Waals surface area (Å²) in [7, 11) is -4.33. The maximum absolute atomic E-state index is 10.4. The Morgan fingerprint density at radius 2 is 1.87 bits per heavy atom. The summed E-state index contributed by atoms with van der Waals surface area (Å²) in [5, 5.41) is 29.6. The highest BCUT2D eigenvalue weighted by molar-refractivity contribution is 7.85. The van der Waals surface area contributed by atoms with E-state index in [-0.39, 0.29) is 6.61 Å². The summed E-state index contributed by atoms with van der Waals surface area (Å²) in [6.45, 7) is 1.50. The molecule has 0 spiro atoms. The number of aliphatic hydroxyl groups is 3. The molecule has 0 saturated heterocycles. The smallest absolute Gasteiger partial charge is 0.267 e. The largest absolute Gasteiger partial charge is 0.395 e. The van der Waals surface area contributed by atoms with Crippen molar-refractivity contribution >= 4 is 10.1 Å². The number of aliphatic hydroxyl groups excluding tert-OH is 3. The summed E-state index contributed by atoms with van der Waals surface area (Å²) in [5.41, 5.74) is 0. The lowest BCUT2D eigenvalue weighted by Crippen LogP contribution is -2.48. The summed E-state index contributed by atoms with van der Waals surface area (Å²) >= 11 is 0. The van der Waals surface area contributed by atoms with Gasteiger partial charge in [0.2, 0.25) is 0 Å². The monoisotopic (exact) mass is 243 g/mol. The average Bonchev–Trinajstić information content (AvgIpc) is 2.10. The van der Waals surface area contributed by atoms with Crippen molar-refractivity contribution in [2.45, 2.75) is 31.7 Å². The van der Waals surface area contributed by atoms with E-state index in [1.165, 1.54) is 0 Å². The van der Waals surface area contributed by atoms with Gasteiger partial charge in [0.1, 0.15) is 18.1 Å². The first-order valence-corrected chi connectivity index (χ1v) is 6.09. The predicted octanol–water partition coefficient (Wildman–Crippen LogP) is -2.09. The third-order valence-electron chi connectivity index (χ3n) is 1.87. The molecule has 0 amide bonds. The molecule has 0 aromatic heterocycles. The van der Waals surface area contributed by atoms with Gasteiger partial charge in [-0.1, -0.05) is 6.92 Å². The molecule has 0 bridgehead atoms. The van der Waals surface area contributed by atoms with Gasteiger partial charge in [-0.05, 0) is 6.42 Å². The maximum Gasteiger partial charge on any atom is 0.267 e. The van der Waals surface area contributed by atoms with Crippen LogP contribution in [-0.2, 0) is 10.1 Å². The van der Waals surface area contributed by atoms with E-state index in [1.54, 1.807) is 6.92 Å².